The lowest BCUT2D eigenvalue weighted by atomic mass is 9.95. The van der Waals surface area contributed by atoms with Gasteiger partial charge in [0.05, 0.1) is 42.6 Å². The zero-order valence-electron chi connectivity index (χ0n) is 27.6. The maximum atomic E-state index is 14.1. The van der Waals surface area contributed by atoms with Gasteiger partial charge in [0.25, 0.3) is 10.9 Å². The largest absolute Gasteiger partial charge is 0.495 e. The summed E-state index contributed by atoms with van der Waals surface area (Å²) in [5, 5.41) is 18.9. The second kappa shape index (κ2) is 15.4. The van der Waals surface area contributed by atoms with Crippen LogP contribution in [-0.2, 0) is 28.0 Å². The van der Waals surface area contributed by atoms with Crippen LogP contribution in [-0.4, -0.2) is 62.6 Å². The van der Waals surface area contributed by atoms with E-state index in [1.807, 2.05) is 13.8 Å². The quantitative estimate of drug-likeness (QED) is 0.0753. The zero-order chi connectivity index (χ0) is 36.1. The highest BCUT2D eigenvalue weighted by Crippen LogP contribution is 2.59. The number of amides is 1. The number of carbonyl (C=O) groups is 1. The number of methoxy groups -OCH3 is 1. The fourth-order valence-electron chi connectivity index (χ4n) is 4.58. The summed E-state index contributed by atoms with van der Waals surface area (Å²) < 4.78 is 67.9. The molecule has 0 aliphatic heterocycles. The number of hydrogen-bond acceptors (Lipinski definition) is 11. The third-order valence-corrected chi connectivity index (χ3v) is 10.1. The molecule has 0 bridgehead atoms. The molecule has 4 aromatic rings. The summed E-state index contributed by atoms with van der Waals surface area (Å²) in [5.41, 5.74) is 0.0734. The van der Waals surface area contributed by atoms with Crippen LogP contribution >= 0.6 is 27.1 Å². The molecule has 13 nitrogen and oxygen atoms in total. The van der Waals surface area contributed by atoms with E-state index in [0.29, 0.717) is 41.0 Å². The van der Waals surface area contributed by atoms with Gasteiger partial charge in [-0.15, -0.1) is 0 Å². The molecular weight excluding hydrogens is 779 g/mol. The molecule has 0 spiro atoms. The Morgan fingerprint density at radius 3 is 2.45 bits per heavy atom. The first-order chi connectivity index (χ1) is 22.9. The lowest BCUT2D eigenvalue weighted by molar-refractivity contribution is -0.137. The van der Waals surface area contributed by atoms with Crippen LogP contribution in [0.25, 0.3) is 11.3 Å². The van der Waals surface area contributed by atoms with E-state index in [0.717, 1.165) is 0 Å². The minimum atomic E-state index is -4.84. The molecule has 0 saturated carbocycles. The van der Waals surface area contributed by atoms with E-state index >= 15 is 0 Å². The summed E-state index contributed by atoms with van der Waals surface area (Å²) in [4.78, 5) is 25.3. The van der Waals surface area contributed by atoms with Crippen molar-refractivity contribution < 1.29 is 36.9 Å². The smallest absolute Gasteiger partial charge is 0.421 e. The Bertz CT molecular complexity index is 1850. The average molecular weight is 817 g/mol. The summed E-state index contributed by atoms with van der Waals surface area (Å²) in [6.07, 6.45) is -1.07. The third kappa shape index (κ3) is 10.1. The first-order valence-electron chi connectivity index (χ1n) is 14.9. The Morgan fingerprint density at radius 1 is 1.10 bits per heavy atom. The Morgan fingerprint density at radius 2 is 1.82 bits per heavy atom. The number of alkyl halides is 3. The molecule has 3 aromatic heterocycles. The van der Waals surface area contributed by atoms with Crippen LogP contribution in [0, 0.1) is 5.41 Å². The molecule has 4 N–H and O–H groups in total. The van der Waals surface area contributed by atoms with Gasteiger partial charge >= 0.3 is 6.18 Å². The first kappa shape index (κ1) is 38.0. The number of nitrogens with zero attached hydrogens (tertiary/aromatic N) is 5. The van der Waals surface area contributed by atoms with Crippen molar-refractivity contribution in [2.45, 2.75) is 52.7 Å². The molecular formula is C31H37F3IN8O5P. The molecule has 0 fully saturated rings. The van der Waals surface area contributed by atoms with Gasteiger partial charge < -0.3 is 30.3 Å². The summed E-state index contributed by atoms with van der Waals surface area (Å²) in [5.74, 6) is -1.18. The molecule has 0 radical (unpaired) electrons. The number of ether oxygens (including phenoxy) is 1. The van der Waals surface area contributed by atoms with Crippen molar-refractivity contribution in [1.29, 1.82) is 0 Å². The number of anilines is 4. The number of pyridine rings is 1. The van der Waals surface area contributed by atoms with Crippen LogP contribution in [0.15, 0.2) is 48.9 Å². The molecule has 1 amide bonds. The van der Waals surface area contributed by atoms with Gasteiger partial charge in [0.2, 0.25) is 5.95 Å². The van der Waals surface area contributed by atoms with Crippen molar-refractivity contribution in [1.82, 2.24) is 30.0 Å². The Balaban J connectivity index is 1.67. The van der Waals surface area contributed by atoms with Gasteiger partial charge in [-0.1, -0.05) is 19.9 Å². The van der Waals surface area contributed by atoms with Crippen LogP contribution in [0.4, 0.5) is 36.3 Å². The molecule has 18 heteroatoms. The van der Waals surface area contributed by atoms with E-state index < -0.39 is 33.9 Å². The topological polar surface area (TPSA) is 165 Å². The van der Waals surface area contributed by atoms with Gasteiger partial charge in [0.15, 0.2) is 5.69 Å². The molecule has 264 valence electrons. The monoisotopic (exact) mass is 816 g/mol. The number of halogens is 4. The molecule has 1 aromatic carbocycles. The Labute approximate surface area is 294 Å². The van der Waals surface area contributed by atoms with E-state index in [1.165, 1.54) is 26.3 Å². The van der Waals surface area contributed by atoms with E-state index in [2.05, 4.69) is 36.0 Å². The van der Waals surface area contributed by atoms with Crippen LogP contribution in [0.2, 0.25) is 0 Å². The van der Waals surface area contributed by atoms with Gasteiger partial charge in [0, 0.05) is 65.6 Å². The molecule has 1 atom stereocenters. The van der Waals surface area contributed by atoms with Crippen molar-refractivity contribution in [3.05, 3.63) is 65.7 Å². The molecule has 0 saturated heterocycles. The number of rotatable bonds is 14. The maximum absolute atomic E-state index is 14.1. The van der Waals surface area contributed by atoms with Crippen molar-refractivity contribution in [3.63, 3.8) is 0 Å². The standard InChI is InChI=1S/C31H37F3IN8O5P/c1-18(2)48-49(35,46)15-19-7-8-23(25(11-19)47-6)41-29-37-13-21(31(32,33)34)27(42-29)40-24-10-9-22(39-26(24)28(45)36-5)20-12-38-43(14-20)16-30(3,4)17-44/h7-14,18,44H,15-17H2,1-6H3,(H,36,45)(H2,37,40,41,42). The maximum Gasteiger partial charge on any atom is 0.421 e. The number of nitrogens with one attached hydrogen (secondary N) is 3. The average Bonchev–Trinajstić information content (AvgIpc) is 3.48. The fourth-order valence-corrected chi connectivity index (χ4v) is 8.47. The van der Waals surface area contributed by atoms with Crippen molar-refractivity contribution in [3.8, 4) is 17.0 Å². The van der Waals surface area contributed by atoms with Crippen molar-refractivity contribution >= 4 is 56.1 Å². The number of carbonyl (C=O) groups excluding carboxylic acids is 1. The summed E-state index contributed by atoms with van der Waals surface area (Å²) >= 11 is 1.80. The van der Waals surface area contributed by atoms with Gasteiger partial charge in [0.1, 0.15) is 17.1 Å². The number of aliphatic hydroxyl groups excluding tert-OH is 1. The Kier molecular flexibility index (Phi) is 11.9. The second-order valence-electron chi connectivity index (χ2n) is 12.1. The van der Waals surface area contributed by atoms with E-state index in [1.54, 1.807) is 71.2 Å². The second-order valence-corrected chi connectivity index (χ2v) is 18.2. The van der Waals surface area contributed by atoms with Gasteiger partial charge in [-0.3, -0.25) is 14.0 Å². The number of aromatic nitrogens is 5. The summed E-state index contributed by atoms with van der Waals surface area (Å²) in [6.45, 7) is 7.69. The summed E-state index contributed by atoms with van der Waals surface area (Å²) in [7, 11) is 2.79. The number of benzene rings is 1. The fraction of sp³-hybridized carbons (Fsp3) is 0.387. The molecule has 49 heavy (non-hydrogen) atoms. The number of aliphatic hydroxyl groups is 1. The summed E-state index contributed by atoms with van der Waals surface area (Å²) in [6, 6.07) is 7.89. The predicted molar refractivity (Wildman–Crippen MR) is 188 cm³/mol. The van der Waals surface area contributed by atoms with E-state index in [9.17, 15) is 27.6 Å². The molecule has 1 unspecified atom stereocenters. The van der Waals surface area contributed by atoms with Crippen molar-refractivity contribution in [2.75, 3.05) is 31.4 Å². The highest BCUT2D eigenvalue weighted by atomic mass is 127. The SMILES string of the molecule is CNC(=O)c1nc(-c2cnn(CC(C)(C)CO)c2)ccc1Nc1nc(Nc2ccc(CP(=O)(I)OC(C)C)cc2OC)ncc1C(F)(F)F. The molecule has 0 aliphatic carbocycles. The van der Waals surface area contributed by atoms with Gasteiger partial charge in [-0.25, -0.2) is 9.97 Å². The molecule has 0 aliphatic rings. The predicted octanol–water partition coefficient (Wildman–Crippen LogP) is 7.18. The minimum Gasteiger partial charge on any atom is -0.495 e. The normalized spacial score (nSPS) is 13.2. The van der Waals surface area contributed by atoms with Crippen LogP contribution < -0.4 is 20.7 Å². The van der Waals surface area contributed by atoms with Crippen LogP contribution in [0.5, 0.6) is 5.75 Å². The Hall–Kier alpha value is -3.80. The number of hydrogen-bond donors (Lipinski definition) is 4. The van der Waals surface area contributed by atoms with Crippen molar-refractivity contribution in [2.24, 2.45) is 5.41 Å². The van der Waals surface area contributed by atoms with E-state index in [-0.39, 0.29) is 36.2 Å². The van der Waals surface area contributed by atoms with Crippen LogP contribution in [0.1, 0.15) is 49.3 Å². The third-order valence-electron chi connectivity index (χ3n) is 6.88. The van der Waals surface area contributed by atoms with Gasteiger partial charge in [-0.2, -0.15) is 23.3 Å². The lowest BCUT2D eigenvalue weighted by Gasteiger charge is -2.20. The van der Waals surface area contributed by atoms with Gasteiger partial charge in [-0.05, 0) is 43.7 Å². The highest BCUT2D eigenvalue weighted by Gasteiger charge is 2.36. The minimum absolute atomic E-state index is 0.0409. The van der Waals surface area contributed by atoms with E-state index in [4.69, 9.17) is 9.26 Å². The van der Waals surface area contributed by atoms with Crippen LogP contribution in [0.3, 0.4) is 0 Å². The molecule has 3 heterocycles. The molecule has 4 rings (SSSR count). The lowest BCUT2D eigenvalue weighted by Crippen LogP contribution is -2.23. The highest BCUT2D eigenvalue weighted by molar-refractivity contribution is 14.2. The first-order valence-corrected chi connectivity index (χ1v) is 19.5. The zero-order valence-corrected chi connectivity index (χ0v) is 30.6.